The molecule has 1 saturated heterocycles. The molecule has 0 radical (unpaired) electrons. The molecule has 4 rings (SSSR count). The monoisotopic (exact) mass is 388 g/mol. The number of fused-ring (bicyclic) bond motifs is 1. The van der Waals surface area contributed by atoms with Crippen LogP contribution < -0.4 is 5.32 Å². The Hall–Kier alpha value is -2.72. The van der Waals surface area contributed by atoms with Gasteiger partial charge in [-0.3, -0.25) is 9.78 Å². The van der Waals surface area contributed by atoms with E-state index in [-0.39, 0.29) is 17.9 Å². The number of carbonyl (C=O) groups excluding carboxylic acids is 1. The van der Waals surface area contributed by atoms with E-state index in [4.69, 9.17) is 4.74 Å². The summed E-state index contributed by atoms with van der Waals surface area (Å²) in [6.45, 7) is 7.50. The van der Waals surface area contributed by atoms with Crippen molar-refractivity contribution in [2.75, 3.05) is 13.2 Å². The summed E-state index contributed by atoms with van der Waals surface area (Å²) in [6.07, 6.45) is 3.15. The summed E-state index contributed by atoms with van der Waals surface area (Å²) in [5.74, 6) is 0.338. The van der Waals surface area contributed by atoms with Gasteiger partial charge in [-0.05, 0) is 61.6 Å². The van der Waals surface area contributed by atoms with Crippen molar-refractivity contribution in [1.29, 1.82) is 0 Å². The quantitative estimate of drug-likeness (QED) is 0.717. The second kappa shape index (κ2) is 8.34. The van der Waals surface area contributed by atoms with Gasteiger partial charge in [-0.15, -0.1) is 0 Å². The van der Waals surface area contributed by atoms with Crippen molar-refractivity contribution in [1.82, 2.24) is 10.3 Å². The van der Waals surface area contributed by atoms with Gasteiger partial charge < -0.3 is 10.1 Å². The van der Waals surface area contributed by atoms with Crippen LogP contribution in [0.5, 0.6) is 0 Å². The van der Waals surface area contributed by atoms with Gasteiger partial charge in [0.2, 0.25) is 5.91 Å². The summed E-state index contributed by atoms with van der Waals surface area (Å²) in [4.78, 5) is 17.2. The predicted molar refractivity (Wildman–Crippen MR) is 116 cm³/mol. The number of nitrogens with one attached hydrogen (secondary N) is 1. The maximum Gasteiger partial charge on any atom is 0.224 e. The Morgan fingerprint density at radius 2 is 1.86 bits per heavy atom. The highest BCUT2D eigenvalue weighted by molar-refractivity contribution is 5.82. The minimum atomic E-state index is 0.0421. The topological polar surface area (TPSA) is 51.2 Å². The van der Waals surface area contributed by atoms with Crippen molar-refractivity contribution in [2.45, 2.75) is 39.7 Å². The third-order valence-electron chi connectivity index (χ3n) is 5.94. The molecule has 4 nitrogen and oxygen atoms in total. The molecule has 2 heterocycles. The summed E-state index contributed by atoms with van der Waals surface area (Å²) >= 11 is 0. The van der Waals surface area contributed by atoms with Crippen LogP contribution in [0.1, 0.15) is 27.8 Å². The SMILES string of the molecule is Cc1cc(C)c(CC(=O)N[C@H]2COC[C@H]2Cc2ccnc3ccccc23)c(C)c1. The lowest BCUT2D eigenvalue weighted by Gasteiger charge is -2.20. The number of aryl methyl sites for hydroxylation is 3. The highest BCUT2D eigenvalue weighted by Gasteiger charge is 2.30. The largest absolute Gasteiger partial charge is 0.379 e. The number of pyridine rings is 1. The first-order valence-corrected chi connectivity index (χ1v) is 10.3. The average Bonchev–Trinajstić information content (AvgIpc) is 3.11. The van der Waals surface area contributed by atoms with Crippen LogP contribution in [0.3, 0.4) is 0 Å². The molecule has 1 N–H and O–H groups in total. The van der Waals surface area contributed by atoms with E-state index >= 15 is 0 Å². The number of carbonyl (C=O) groups is 1. The fourth-order valence-corrected chi connectivity index (χ4v) is 4.48. The van der Waals surface area contributed by atoms with Gasteiger partial charge in [0.05, 0.1) is 31.2 Å². The Labute approximate surface area is 172 Å². The van der Waals surface area contributed by atoms with Crippen LogP contribution >= 0.6 is 0 Å². The van der Waals surface area contributed by atoms with E-state index in [2.05, 4.69) is 55.3 Å². The van der Waals surface area contributed by atoms with Gasteiger partial charge >= 0.3 is 0 Å². The maximum atomic E-state index is 12.8. The van der Waals surface area contributed by atoms with Crippen molar-refractivity contribution in [3.05, 3.63) is 76.5 Å². The van der Waals surface area contributed by atoms with Crippen LogP contribution in [0.2, 0.25) is 0 Å². The van der Waals surface area contributed by atoms with Gasteiger partial charge in [0.25, 0.3) is 0 Å². The lowest BCUT2D eigenvalue weighted by atomic mass is 9.92. The second-order valence-corrected chi connectivity index (χ2v) is 8.22. The first-order valence-electron chi connectivity index (χ1n) is 10.3. The standard InChI is InChI=1S/C25H28N2O2/c1-16-10-17(2)22(18(3)11-16)13-25(28)27-24-15-29-14-20(24)12-19-8-9-26-23-7-5-4-6-21(19)23/h4-11,20,24H,12-15H2,1-3H3,(H,27,28)/t20-,24+/m1/s1. The number of ether oxygens (including phenoxy) is 1. The van der Waals surface area contributed by atoms with E-state index in [9.17, 15) is 4.79 Å². The molecule has 0 bridgehead atoms. The fourth-order valence-electron chi connectivity index (χ4n) is 4.48. The third-order valence-corrected chi connectivity index (χ3v) is 5.94. The molecule has 0 unspecified atom stereocenters. The molecular weight excluding hydrogens is 360 g/mol. The van der Waals surface area contributed by atoms with E-state index < -0.39 is 0 Å². The smallest absolute Gasteiger partial charge is 0.224 e. The summed E-state index contributed by atoms with van der Waals surface area (Å²) in [5, 5.41) is 4.41. The zero-order valence-electron chi connectivity index (χ0n) is 17.4. The lowest BCUT2D eigenvalue weighted by Crippen LogP contribution is -2.41. The van der Waals surface area contributed by atoms with Crippen molar-refractivity contribution < 1.29 is 9.53 Å². The van der Waals surface area contributed by atoms with Crippen molar-refractivity contribution in [3.63, 3.8) is 0 Å². The first kappa shape index (κ1) is 19.6. The molecule has 150 valence electrons. The number of benzene rings is 2. The van der Waals surface area contributed by atoms with Crippen molar-refractivity contribution >= 4 is 16.8 Å². The number of hydrogen-bond acceptors (Lipinski definition) is 3. The number of aromatic nitrogens is 1. The first-order chi connectivity index (χ1) is 14.0. The molecule has 1 fully saturated rings. The number of rotatable bonds is 5. The van der Waals surface area contributed by atoms with Crippen LogP contribution in [0.4, 0.5) is 0 Å². The summed E-state index contributed by atoms with van der Waals surface area (Å²) in [6, 6.07) is 14.6. The highest BCUT2D eigenvalue weighted by atomic mass is 16.5. The molecule has 3 aromatic rings. The van der Waals surface area contributed by atoms with E-state index in [1.807, 2.05) is 24.4 Å². The van der Waals surface area contributed by atoms with E-state index in [0.29, 0.717) is 19.6 Å². The fraction of sp³-hybridized carbons (Fsp3) is 0.360. The number of hydrogen-bond donors (Lipinski definition) is 1. The molecule has 29 heavy (non-hydrogen) atoms. The molecular formula is C25H28N2O2. The molecule has 2 aromatic carbocycles. The van der Waals surface area contributed by atoms with E-state index in [1.54, 1.807) is 0 Å². The molecule has 1 amide bonds. The molecule has 0 saturated carbocycles. The summed E-state index contributed by atoms with van der Waals surface area (Å²) < 4.78 is 5.74. The van der Waals surface area contributed by atoms with Crippen LogP contribution in [0.25, 0.3) is 10.9 Å². The van der Waals surface area contributed by atoms with E-state index in [1.165, 1.54) is 27.6 Å². The summed E-state index contributed by atoms with van der Waals surface area (Å²) in [7, 11) is 0. The van der Waals surface area contributed by atoms with Crippen LogP contribution in [-0.4, -0.2) is 30.1 Å². The van der Waals surface area contributed by atoms with Crippen molar-refractivity contribution in [3.8, 4) is 0 Å². The van der Waals surface area contributed by atoms with Gasteiger partial charge in [0.1, 0.15) is 0 Å². The van der Waals surface area contributed by atoms with Gasteiger partial charge in [-0.2, -0.15) is 0 Å². The highest BCUT2D eigenvalue weighted by Crippen LogP contribution is 2.24. The number of para-hydroxylation sites is 1. The Morgan fingerprint density at radius 3 is 2.66 bits per heavy atom. The van der Waals surface area contributed by atoms with Gasteiger partial charge in [-0.25, -0.2) is 0 Å². The van der Waals surface area contributed by atoms with Crippen LogP contribution in [0, 0.1) is 26.7 Å². The predicted octanol–water partition coefficient (Wildman–Crippen LogP) is 4.08. The maximum absolute atomic E-state index is 12.8. The minimum Gasteiger partial charge on any atom is -0.379 e. The Bertz CT molecular complexity index is 1020. The Morgan fingerprint density at radius 1 is 1.10 bits per heavy atom. The lowest BCUT2D eigenvalue weighted by molar-refractivity contribution is -0.121. The van der Waals surface area contributed by atoms with Gasteiger partial charge in [0.15, 0.2) is 0 Å². The molecule has 0 aliphatic carbocycles. The normalized spacial score (nSPS) is 18.9. The molecule has 1 aliphatic rings. The molecule has 0 spiro atoms. The Balaban J connectivity index is 1.45. The van der Waals surface area contributed by atoms with Crippen molar-refractivity contribution in [2.24, 2.45) is 5.92 Å². The van der Waals surface area contributed by atoms with E-state index in [0.717, 1.165) is 17.5 Å². The van der Waals surface area contributed by atoms with Crippen LogP contribution in [-0.2, 0) is 22.4 Å². The minimum absolute atomic E-state index is 0.0421. The molecule has 1 aromatic heterocycles. The molecule has 1 aliphatic heterocycles. The van der Waals surface area contributed by atoms with Gasteiger partial charge in [0, 0.05) is 17.5 Å². The van der Waals surface area contributed by atoms with Crippen LogP contribution in [0.15, 0.2) is 48.7 Å². The number of amides is 1. The third kappa shape index (κ3) is 4.33. The Kier molecular flexibility index (Phi) is 5.63. The second-order valence-electron chi connectivity index (χ2n) is 8.22. The molecule has 4 heteroatoms. The summed E-state index contributed by atoms with van der Waals surface area (Å²) in [5.41, 5.74) is 6.99. The average molecular weight is 389 g/mol. The van der Waals surface area contributed by atoms with Gasteiger partial charge in [-0.1, -0.05) is 35.9 Å². The zero-order chi connectivity index (χ0) is 20.4. The number of nitrogens with zero attached hydrogens (tertiary/aromatic N) is 1. The zero-order valence-corrected chi connectivity index (χ0v) is 17.4. The molecule has 2 atom stereocenters.